The van der Waals surface area contributed by atoms with Gasteiger partial charge in [-0.25, -0.2) is 18.1 Å². The van der Waals surface area contributed by atoms with Gasteiger partial charge in [0, 0.05) is 22.0 Å². The molecule has 0 saturated heterocycles. The highest BCUT2D eigenvalue weighted by Gasteiger charge is 2.23. The normalized spacial score (nSPS) is 11.4. The summed E-state index contributed by atoms with van der Waals surface area (Å²) in [5.41, 5.74) is 1.83. The van der Waals surface area contributed by atoms with Crippen LogP contribution in [-0.2, 0) is 10.0 Å². The number of aromatic nitrogens is 1. The molecule has 10 heteroatoms. The van der Waals surface area contributed by atoms with E-state index in [2.05, 4.69) is 15.0 Å². The minimum atomic E-state index is -3.85. The van der Waals surface area contributed by atoms with Crippen molar-refractivity contribution in [2.24, 2.45) is 0 Å². The van der Waals surface area contributed by atoms with Crippen LogP contribution >= 0.6 is 11.3 Å². The number of nitrogens with zero attached hydrogens (tertiary/aromatic N) is 1. The fraction of sp³-hybridized carbons (Fsp3) is 0.273. The highest BCUT2D eigenvalue weighted by molar-refractivity contribution is 7.89. The number of methoxy groups -OCH3 is 2. The highest BCUT2D eigenvalue weighted by Crippen LogP contribution is 2.32. The van der Waals surface area contributed by atoms with Crippen LogP contribution in [0.25, 0.3) is 11.3 Å². The number of benzene rings is 2. The molecule has 2 N–H and O–H groups in total. The molecule has 2 aromatic carbocycles. The molecule has 32 heavy (non-hydrogen) atoms. The first-order chi connectivity index (χ1) is 15.1. The standard InChI is InChI=1S/C22H25N3O5S2/c1-13(2)25-32(27,28)19-12-16(8-11-18(19)30-5)21(26)24-22-23-20(14(3)31-22)15-6-9-17(29-4)10-7-15/h6-13,25H,1-5H3,(H,23,24,26). The van der Waals surface area contributed by atoms with E-state index in [1.165, 1.54) is 36.6 Å². The molecule has 3 rings (SSSR count). The average molecular weight is 476 g/mol. The number of amides is 1. The zero-order valence-electron chi connectivity index (χ0n) is 18.4. The summed E-state index contributed by atoms with van der Waals surface area (Å²) in [6.45, 7) is 5.35. The minimum Gasteiger partial charge on any atom is -0.497 e. The number of thiazole rings is 1. The molecule has 0 atom stereocenters. The Bertz CT molecular complexity index is 1220. The second-order valence-electron chi connectivity index (χ2n) is 7.25. The van der Waals surface area contributed by atoms with Crippen molar-refractivity contribution >= 4 is 32.4 Å². The maximum absolute atomic E-state index is 12.8. The maximum atomic E-state index is 12.8. The minimum absolute atomic E-state index is 0.101. The van der Waals surface area contributed by atoms with Crippen molar-refractivity contribution in [3.8, 4) is 22.8 Å². The van der Waals surface area contributed by atoms with Gasteiger partial charge >= 0.3 is 0 Å². The molecule has 0 aliphatic carbocycles. The Morgan fingerprint density at radius 2 is 1.75 bits per heavy atom. The summed E-state index contributed by atoms with van der Waals surface area (Å²) in [5, 5.41) is 3.17. The second-order valence-corrected chi connectivity index (χ2v) is 10.1. The van der Waals surface area contributed by atoms with Gasteiger partial charge in [-0.2, -0.15) is 0 Å². The third kappa shape index (κ3) is 5.26. The van der Waals surface area contributed by atoms with Crippen LogP contribution in [0, 0.1) is 6.92 Å². The summed E-state index contributed by atoms with van der Waals surface area (Å²) < 4.78 is 38.2. The van der Waals surface area contributed by atoms with Crippen LogP contribution in [0.2, 0.25) is 0 Å². The number of carbonyl (C=O) groups excluding carboxylic acids is 1. The lowest BCUT2D eigenvalue weighted by molar-refractivity contribution is 0.102. The molecule has 0 radical (unpaired) electrons. The number of anilines is 1. The van der Waals surface area contributed by atoms with Gasteiger partial charge in [0.15, 0.2) is 5.13 Å². The van der Waals surface area contributed by atoms with E-state index in [0.29, 0.717) is 5.13 Å². The summed E-state index contributed by atoms with van der Waals surface area (Å²) >= 11 is 1.34. The Morgan fingerprint density at radius 3 is 2.34 bits per heavy atom. The van der Waals surface area contributed by atoms with Crippen molar-refractivity contribution in [3.63, 3.8) is 0 Å². The van der Waals surface area contributed by atoms with Crippen LogP contribution in [0.4, 0.5) is 5.13 Å². The number of hydrogen-bond acceptors (Lipinski definition) is 7. The Labute approximate surface area is 191 Å². The summed E-state index contributed by atoms with van der Waals surface area (Å²) in [6.07, 6.45) is 0. The SMILES string of the molecule is COc1ccc(-c2nc(NC(=O)c3ccc(OC)c(S(=O)(=O)NC(C)C)c3)sc2C)cc1. The molecule has 0 aliphatic rings. The van der Waals surface area contributed by atoms with Crippen molar-refractivity contribution in [2.75, 3.05) is 19.5 Å². The number of aryl methyl sites for hydroxylation is 1. The molecule has 3 aromatic rings. The zero-order valence-corrected chi connectivity index (χ0v) is 20.1. The van der Waals surface area contributed by atoms with E-state index in [9.17, 15) is 13.2 Å². The molecule has 0 aliphatic heterocycles. The van der Waals surface area contributed by atoms with Gasteiger partial charge in [0.05, 0.1) is 19.9 Å². The monoisotopic (exact) mass is 475 g/mol. The van der Waals surface area contributed by atoms with Crippen molar-refractivity contribution < 1.29 is 22.7 Å². The lowest BCUT2D eigenvalue weighted by atomic mass is 10.1. The smallest absolute Gasteiger partial charge is 0.257 e. The zero-order chi connectivity index (χ0) is 23.5. The maximum Gasteiger partial charge on any atom is 0.257 e. The number of ether oxygens (including phenoxy) is 2. The summed E-state index contributed by atoms with van der Waals surface area (Å²) in [6, 6.07) is 11.4. The largest absolute Gasteiger partial charge is 0.497 e. The Morgan fingerprint density at radius 1 is 1.06 bits per heavy atom. The predicted molar refractivity (Wildman–Crippen MR) is 125 cm³/mol. The number of hydrogen-bond donors (Lipinski definition) is 2. The first-order valence-corrected chi connectivity index (χ1v) is 12.1. The second kappa shape index (κ2) is 9.68. The quantitative estimate of drug-likeness (QED) is 0.509. The molecule has 170 valence electrons. The van der Waals surface area contributed by atoms with Gasteiger partial charge in [0.2, 0.25) is 10.0 Å². The van der Waals surface area contributed by atoms with Crippen molar-refractivity contribution in [2.45, 2.75) is 31.7 Å². The lowest BCUT2D eigenvalue weighted by Crippen LogP contribution is -2.30. The van der Waals surface area contributed by atoms with Crippen LogP contribution in [0.1, 0.15) is 29.1 Å². The fourth-order valence-electron chi connectivity index (χ4n) is 3.04. The van der Waals surface area contributed by atoms with E-state index >= 15 is 0 Å². The molecule has 1 amide bonds. The summed E-state index contributed by atoms with van der Waals surface area (Å²) in [4.78, 5) is 18.2. The molecule has 1 heterocycles. The first kappa shape index (κ1) is 23.7. The number of nitrogens with one attached hydrogen (secondary N) is 2. The lowest BCUT2D eigenvalue weighted by Gasteiger charge is -2.14. The van der Waals surface area contributed by atoms with Gasteiger partial charge in [-0.3, -0.25) is 10.1 Å². The van der Waals surface area contributed by atoms with Gasteiger partial charge in [0.1, 0.15) is 16.4 Å². The topological polar surface area (TPSA) is 107 Å². The average Bonchev–Trinajstić information content (AvgIpc) is 3.12. The van der Waals surface area contributed by atoms with Crippen LogP contribution in [0.5, 0.6) is 11.5 Å². The number of sulfonamides is 1. The van der Waals surface area contributed by atoms with Crippen molar-refractivity contribution in [1.82, 2.24) is 9.71 Å². The van der Waals surface area contributed by atoms with Crippen LogP contribution in [-0.4, -0.2) is 39.6 Å². The van der Waals surface area contributed by atoms with Gasteiger partial charge in [-0.05, 0) is 63.2 Å². The van der Waals surface area contributed by atoms with E-state index in [-0.39, 0.29) is 22.3 Å². The molecule has 0 bridgehead atoms. The first-order valence-electron chi connectivity index (χ1n) is 9.78. The Kier molecular flexibility index (Phi) is 7.17. The third-order valence-corrected chi connectivity index (χ3v) is 7.05. The summed E-state index contributed by atoms with van der Waals surface area (Å²) in [7, 11) is -0.874. The predicted octanol–water partition coefficient (Wildman–Crippen LogP) is 4.07. The van der Waals surface area contributed by atoms with E-state index in [4.69, 9.17) is 9.47 Å². The summed E-state index contributed by atoms with van der Waals surface area (Å²) in [5.74, 6) is 0.428. The van der Waals surface area contributed by atoms with E-state index in [1.54, 1.807) is 21.0 Å². The number of rotatable bonds is 8. The van der Waals surface area contributed by atoms with Gasteiger partial charge < -0.3 is 9.47 Å². The molecule has 1 aromatic heterocycles. The van der Waals surface area contributed by atoms with E-state index in [0.717, 1.165) is 21.9 Å². The van der Waals surface area contributed by atoms with Gasteiger partial charge in [-0.15, -0.1) is 11.3 Å². The molecule has 0 spiro atoms. The Balaban J connectivity index is 1.87. The molecular weight excluding hydrogens is 450 g/mol. The molecule has 0 unspecified atom stereocenters. The highest BCUT2D eigenvalue weighted by atomic mass is 32.2. The number of carbonyl (C=O) groups is 1. The van der Waals surface area contributed by atoms with Crippen LogP contribution in [0.15, 0.2) is 47.4 Å². The van der Waals surface area contributed by atoms with Crippen molar-refractivity contribution in [3.05, 3.63) is 52.9 Å². The molecule has 8 nitrogen and oxygen atoms in total. The van der Waals surface area contributed by atoms with Crippen LogP contribution < -0.4 is 19.5 Å². The van der Waals surface area contributed by atoms with Gasteiger partial charge in [0.25, 0.3) is 5.91 Å². The van der Waals surface area contributed by atoms with E-state index in [1.807, 2.05) is 31.2 Å². The molecule has 0 fully saturated rings. The molecule has 0 saturated carbocycles. The van der Waals surface area contributed by atoms with Gasteiger partial charge in [-0.1, -0.05) is 0 Å². The van der Waals surface area contributed by atoms with Crippen LogP contribution in [0.3, 0.4) is 0 Å². The Hall–Kier alpha value is -2.95. The van der Waals surface area contributed by atoms with Crippen molar-refractivity contribution in [1.29, 1.82) is 0 Å². The fourth-order valence-corrected chi connectivity index (χ4v) is 5.31. The van der Waals surface area contributed by atoms with E-state index < -0.39 is 15.9 Å². The third-order valence-electron chi connectivity index (χ3n) is 4.49. The molecular formula is C22H25N3O5S2.